The van der Waals surface area contributed by atoms with Gasteiger partial charge in [0, 0.05) is 26.3 Å². The Hall–Kier alpha value is -1.00. The van der Waals surface area contributed by atoms with E-state index < -0.39 is 0 Å². The highest BCUT2D eigenvalue weighted by molar-refractivity contribution is 6.31. The molecule has 0 aromatic carbocycles. The second-order valence-electron chi connectivity index (χ2n) is 3.85. The summed E-state index contributed by atoms with van der Waals surface area (Å²) in [5.41, 5.74) is 0.564. The second kappa shape index (κ2) is 3.87. The van der Waals surface area contributed by atoms with Gasteiger partial charge in [0.1, 0.15) is 5.69 Å². The van der Waals surface area contributed by atoms with Gasteiger partial charge in [0.2, 0.25) is 0 Å². The highest BCUT2D eigenvalue weighted by Crippen LogP contribution is 2.17. The molecule has 0 bridgehead atoms. The summed E-state index contributed by atoms with van der Waals surface area (Å²) < 4.78 is 1.70. The van der Waals surface area contributed by atoms with E-state index in [1.807, 2.05) is 0 Å². The standard InChI is InChI=1S/C10H13ClN2O2/c1-12-5-7(11)4-9(12)10(15)13-3-2-8(14)6-13/h4-5,8,14H,2-3,6H2,1H3. The smallest absolute Gasteiger partial charge is 0.270 e. The molecule has 1 aromatic rings. The van der Waals surface area contributed by atoms with E-state index in [1.165, 1.54) is 0 Å². The fourth-order valence-corrected chi connectivity index (χ4v) is 2.07. The largest absolute Gasteiger partial charge is 0.391 e. The molecule has 0 saturated carbocycles. The zero-order chi connectivity index (χ0) is 11.0. The number of likely N-dealkylation sites (tertiary alicyclic amines) is 1. The van der Waals surface area contributed by atoms with Crippen LogP contribution in [0.5, 0.6) is 0 Å². The van der Waals surface area contributed by atoms with Gasteiger partial charge < -0.3 is 14.6 Å². The summed E-state index contributed by atoms with van der Waals surface area (Å²) in [6.45, 7) is 1.03. The number of aromatic nitrogens is 1. The van der Waals surface area contributed by atoms with Crippen molar-refractivity contribution in [2.24, 2.45) is 7.05 Å². The molecule has 4 nitrogen and oxygen atoms in total. The molecule has 1 aliphatic rings. The first kappa shape index (κ1) is 10.5. The lowest BCUT2D eigenvalue weighted by molar-refractivity contribution is 0.0755. The Bertz CT molecular complexity index is 389. The van der Waals surface area contributed by atoms with E-state index in [9.17, 15) is 9.90 Å². The fraction of sp³-hybridized carbons (Fsp3) is 0.500. The second-order valence-corrected chi connectivity index (χ2v) is 4.28. The number of hydrogen-bond acceptors (Lipinski definition) is 2. The average Bonchev–Trinajstić information content (AvgIpc) is 2.71. The Kier molecular flexibility index (Phi) is 2.71. The number of carbonyl (C=O) groups is 1. The molecule has 82 valence electrons. The summed E-state index contributed by atoms with van der Waals surface area (Å²) in [6.07, 6.45) is 1.97. The lowest BCUT2D eigenvalue weighted by atomic mass is 10.3. The first-order chi connectivity index (χ1) is 7.08. The zero-order valence-electron chi connectivity index (χ0n) is 8.48. The Balaban J connectivity index is 2.17. The number of nitrogens with zero attached hydrogens (tertiary/aromatic N) is 2. The summed E-state index contributed by atoms with van der Waals surface area (Å²) >= 11 is 5.80. The van der Waals surface area contributed by atoms with E-state index in [1.54, 1.807) is 28.8 Å². The molecule has 0 spiro atoms. The van der Waals surface area contributed by atoms with Gasteiger partial charge in [-0.05, 0) is 12.5 Å². The van der Waals surface area contributed by atoms with Crippen molar-refractivity contribution in [3.8, 4) is 0 Å². The van der Waals surface area contributed by atoms with Crippen molar-refractivity contribution in [1.82, 2.24) is 9.47 Å². The van der Waals surface area contributed by atoms with Crippen LogP contribution in [0.1, 0.15) is 16.9 Å². The average molecular weight is 229 g/mol. The molecule has 1 amide bonds. The number of aryl methyl sites for hydroxylation is 1. The third-order valence-electron chi connectivity index (χ3n) is 2.64. The topological polar surface area (TPSA) is 45.5 Å². The molecule has 1 aliphatic heterocycles. The predicted octanol–water partition coefficient (Wildman–Crippen LogP) is 0.885. The van der Waals surface area contributed by atoms with Crippen LogP contribution >= 0.6 is 11.6 Å². The van der Waals surface area contributed by atoms with Gasteiger partial charge in [-0.15, -0.1) is 0 Å². The molecule has 1 N–H and O–H groups in total. The molecule has 1 aromatic heterocycles. The monoisotopic (exact) mass is 228 g/mol. The summed E-state index contributed by atoms with van der Waals surface area (Å²) in [6, 6.07) is 1.65. The van der Waals surface area contributed by atoms with Crippen LogP contribution < -0.4 is 0 Å². The van der Waals surface area contributed by atoms with Gasteiger partial charge in [-0.2, -0.15) is 0 Å². The molecule has 2 rings (SSSR count). The van der Waals surface area contributed by atoms with E-state index in [-0.39, 0.29) is 12.0 Å². The van der Waals surface area contributed by atoms with E-state index in [2.05, 4.69) is 0 Å². The Labute approximate surface area is 93.1 Å². The van der Waals surface area contributed by atoms with Gasteiger partial charge in [-0.1, -0.05) is 11.6 Å². The molecule has 1 unspecified atom stereocenters. The first-order valence-electron chi connectivity index (χ1n) is 4.87. The first-order valence-corrected chi connectivity index (χ1v) is 5.25. The van der Waals surface area contributed by atoms with Crippen molar-refractivity contribution in [3.63, 3.8) is 0 Å². The Morgan fingerprint density at radius 1 is 1.67 bits per heavy atom. The summed E-state index contributed by atoms with van der Waals surface area (Å²) in [5, 5.41) is 9.90. The lowest BCUT2D eigenvalue weighted by Crippen LogP contribution is -2.30. The molecule has 0 aliphatic carbocycles. The molecule has 15 heavy (non-hydrogen) atoms. The zero-order valence-corrected chi connectivity index (χ0v) is 9.24. The fourth-order valence-electron chi connectivity index (χ4n) is 1.83. The van der Waals surface area contributed by atoms with E-state index in [4.69, 9.17) is 11.6 Å². The highest BCUT2D eigenvalue weighted by Gasteiger charge is 2.26. The van der Waals surface area contributed by atoms with Gasteiger partial charge in [-0.3, -0.25) is 4.79 Å². The maximum Gasteiger partial charge on any atom is 0.270 e. The summed E-state index contributed by atoms with van der Waals surface area (Å²) in [7, 11) is 1.78. The molecular formula is C10H13ClN2O2. The maximum atomic E-state index is 12.0. The Morgan fingerprint density at radius 3 is 2.87 bits per heavy atom. The van der Waals surface area contributed by atoms with E-state index in [0.717, 1.165) is 0 Å². The van der Waals surface area contributed by atoms with Crippen molar-refractivity contribution < 1.29 is 9.90 Å². The minimum absolute atomic E-state index is 0.0686. The number of rotatable bonds is 1. The number of halogens is 1. The van der Waals surface area contributed by atoms with Crippen molar-refractivity contribution in [3.05, 3.63) is 23.0 Å². The van der Waals surface area contributed by atoms with Gasteiger partial charge in [0.05, 0.1) is 11.1 Å². The number of carbonyl (C=O) groups excluding carboxylic acids is 1. The number of amides is 1. The minimum Gasteiger partial charge on any atom is -0.391 e. The number of aliphatic hydroxyl groups is 1. The van der Waals surface area contributed by atoms with Crippen LogP contribution in [0.3, 0.4) is 0 Å². The minimum atomic E-state index is -0.385. The number of aliphatic hydroxyl groups excluding tert-OH is 1. The SMILES string of the molecule is Cn1cc(Cl)cc1C(=O)N1CCC(O)C1. The number of β-amino-alcohol motifs (C(OH)–C–C–N with tert-alkyl or cyclic N) is 1. The highest BCUT2D eigenvalue weighted by atomic mass is 35.5. The molecule has 0 radical (unpaired) electrons. The predicted molar refractivity (Wildman–Crippen MR) is 57.0 cm³/mol. The van der Waals surface area contributed by atoms with E-state index in [0.29, 0.717) is 30.2 Å². The quantitative estimate of drug-likeness (QED) is 0.776. The lowest BCUT2D eigenvalue weighted by Gasteiger charge is -2.15. The maximum absolute atomic E-state index is 12.0. The van der Waals surface area contributed by atoms with Crippen molar-refractivity contribution in [2.45, 2.75) is 12.5 Å². The molecule has 1 fully saturated rings. The van der Waals surface area contributed by atoms with Crippen LogP contribution in [0.2, 0.25) is 5.02 Å². The van der Waals surface area contributed by atoms with Crippen LogP contribution in [0.25, 0.3) is 0 Å². The van der Waals surface area contributed by atoms with Gasteiger partial charge in [-0.25, -0.2) is 0 Å². The molecular weight excluding hydrogens is 216 g/mol. The molecule has 5 heteroatoms. The normalized spacial score (nSPS) is 21.0. The number of hydrogen-bond donors (Lipinski definition) is 1. The summed E-state index contributed by atoms with van der Waals surface area (Å²) in [4.78, 5) is 13.6. The van der Waals surface area contributed by atoms with Crippen LogP contribution in [0.15, 0.2) is 12.3 Å². The third-order valence-corrected chi connectivity index (χ3v) is 2.85. The van der Waals surface area contributed by atoms with Crippen LogP contribution in [-0.2, 0) is 7.05 Å². The van der Waals surface area contributed by atoms with Gasteiger partial charge in [0.25, 0.3) is 5.91 Å². The third kappa shape index (κ3) is 2.01. The van der Waals surface area contributed by atoms with Crippen molar-refractivity contribution in [1.29, 1.82) is 0 Å². The molecule has 2 heterocycles. The van der Waals surface area contributed by atoms with Crippen LogP contribution in [0, 0.1) is 0 Å². The summed E-state index contributed by atoms with van der Waals surface area (Å²) in [5.74, 6) is -0.0686. The molecule has 1 saturated heterocycles. The van der Waals surface area contributed by atoms with E-state index >= 15 is 0 Å². The van der Waals surface area contributed by atoms with Gasteiger partial charge >= 0.3 is 0 Å². The van der Waals surface area contributed by atoms with Crippen LogP contribution in [0.4, 0.5) is 0 Å². The molecule has 1 atom stereocenters. The van der Waals surface area contributed by atoms with Gasteiger partial charge in [0.15, 0.2) is 0 Å². The van der Waals surface area contributed by atoms with Crippen molar-refractivity contribution >= 4 is 17.5 Å². The Morgan fingerprint density at radius 2 is 2.40 bits per heavy atom. The van der Waals surface area contributed by atoms with Crippen LogP contribution in [-0.4, -0.2) is 39.7 Å². The van der Waals surface area contributed by atoms with Crippen molar-refractivity contribution in [2.75, 3.05) is 13.1 Å².